The Balaban J connectivity index is 2.21. The highest BCUT2D eigenvalue weighted by molar-refractivity contribution is 5.94. The number of carbonyl (C=O) groups excluding carboxylic acids is 6. The Morgan fingerprint density at radius 2 is 1.07 bits per heavy atom. The van der Waals surface area contributed by atoms with Crippen LogP contribution in [-0.4, -0.2) is 111 Å². The third-order valence-electron chi connectivity index (χ3n) is 7.79. The van der Waals surface area contributed by atoms with Gasteiger partial charge in [0.25, 0.3) is 0 Å². The van der Waals surface area contributed by atoms with Gasteiger partial charge in [-0.2, -0.15) is 0 Å². The summed E-state index contributed by atoms with van der Waals surface area (Å²) in [5.74, 6) is -8.76. The summed E-state index contributed by atoms with van der Waals surface area (Å²) in [6.45, 7) is -1.12. The molecule has 4 atom stereocenters. The number of Topliss-reactive ketones (excluding diaryl/α,β-unsaturated/α-hetero) is 1. The minimum Gasteiger partial charge on any atom is -0.508 e. The van der Waals surface area contributed by atoms with Crippen molar-refractivity contribution in [3.63, 3.8) is 0 Å². The normalized spacial score (nSPS) is 12.9. The van der Waals surface area contributed by atoms with Gasteiger partial charge in [-0.3, -0.25) is 48.5 Å². The summed E-state index contributed by atoms with van der Waals surface area (Å²) in [4.78, 5) is 110. The number of hydrogen-bond donors (Lipinski definition) is 10. The molecule has 0 aliphatic carbocycles. The molecule has 2 aromatic carbocycles. The first-order valence-electron chi connectivity index (χ1n) is 16.7. The van der Waals surface area contributed by atoms with Crippen molar-refractivity contribution in [1.82, 2.24) is 26.6 Å². The monoisotopic (exact) mass is 756 g/mol. The van der Waals surface area contributed by atoms with Crippen LogP contribution >= 0.6 is 0 Å². The molecule has 0 fully saturated rings. The van der Waals surface area contributed by atoms with Gasteiger partial charge in [-0.1, -0.05) is 42.5 Å². The quantitative estimate of drug-likeness (QED) is 0.0543. The smallest absolute Gasteiger partial charge is 0.303 e. The van der Waals surface area contributed by atoms with Crippen LogP contribution in [0.25, 0.3) is 0 Å². The van der Waals surface area contributed by atoms with E-state index in [1.54, 1.807) is 30.3 Å². The lowest BCUT2D eigenvalue weighted by Crippen LogP contribution is -2.57. The van der Waals surface area contributed by atoms with E-state index in [9.17, 15) is 48.3 Å². The van der Waals surface area contributed by atoms with Gasteiger partial charge in [0.2, 0.25) is 29.5 Å². The number of aromatic hydroxyl groups is 1. The predicted molar refractivity (Wildman–Crippen MR) is 187 cm³/mol. The Morgan fingerprint density at radius 1 is 0.556 bits per heavy atom. The summed E-state index contributed by atoms with van der Waals surface area (Å²) in [7, 11) is 0. The lowest BCUT2D eigenvalue weighted by atomic mass is 10.0. The molecule has 0 saturated carbocycles. The molecule has 0 heterocycles. The molecule has 5 amide bonds. The fourth-order valence-electron chi connectivity index (χ4n) is 4.91. The summed E-state index contributed by atoms with van der Waals surface area (Å²) in [5.41, 5.74) is 6.54. The maximum absolute atomic E-state index is 13.8. The molecule has 4 unspecified atom stereocenters. The molecule has 0 aliphatic heterocycles. The third kappa shape index (κ3) is 17.2. The largest absolute Gasteiger partial charge is 0.508 e. The van der Waals surface area contributed by atoms with E-state index in [4.69, 9.17) is 21.1 Å². The highest BCUT2D eigenvalue weighted by atomic mass is 16.4. The average molecular weight is 757 g/mol. The highest BCUT2D eigenvalue weighted by Gasteiger charge is 2.30. The van der Waals surface area contributed by atoms with E-state index in [0.717, 1.165) is 0 Å². The molecule has 19 heteroatoms. The van der Waals surface area contributed by atoms with E-state index in [1.807, 2.05) is 0 Å². The van der Waals surface area contributed by atoms with Gasteiger partial charge in [0.05, 0.1) is 25.6 Å². The Hall–Kier alpha value is -6.37. The van der Waals surface area contributed by atoms with Crippen molar-refractivity contribution >= 4 is 53.2 Å². The SMILES string of the molecule is NC(=O)C(CCC(=O)O)NC(=O)C(Cc1ccccc1)NC(=O)C(Cc1ccc(O)cc1)NCC(=O)CNC(=O)C(CCC(=O)O)NC(=O)CCC(=O)O. The van der Waals surface area contributed by atoms with Crippen molar-refractivity contribution in [2.24, 2.45) is 5.73 Å². The second-order valence-electron chi connectivity index (χ2n) is 12.2. The molecule has 11 N–H and O–H groups in total. The first-order chi connectivity index (χ1) is 25.5. The number of amides is 5. The van der Waals surface area contributed by atoms with E-state index in [0.29, 0.717) is 11.1 Å². The number of carboxylic acid groups (broad SMARTS) is 3. The van der Waals surface area contributed by atoms with E-state index in [2.05, 4.69) is 26.6 Å². The van der Waals surface area contributed by atoms with Crippen molar-refractivity contribution < 1.29 is 63.6 Å². The molecule has 292 valence electrons. The van der Waals surface area contributed by atoms with Crippen molar-refractivity contribution in [1.29, 1.82) is 0 Å². The fourth-order valence-corrected chi connectivity index (χ4v) is 4.91. The number of ketones is 1. The number of phenols is 1. The summed E-state index contributed by atoms with van der Waals surface area (Å²) in [6.07, 6.45) is -2.76. The average Bonchev–Trinajstić information content (AvgIpc) is 3.12. The number of rotatable bonds is 25. The Bertz CT molecular complexity index is 1650. The van der Waals surface area contributed by atoms with Crippen LogP contribution in [0.3, 0.4) is 0 Å². The first-order valence-corrected chi connectivity index (χ1v) is 16.7. The van der Waals surface area contributed by atoms with Gasteiger partial charge in [0, 0.05) is 25.7 Å². The third-order valence-corrected chi connectivity index (χ3v) is 7.79. The van der Waals surface area contributed by atoms with Crippen molar-refractivity contribution in [3.05, 3.63) is 65.7 Å². The van der Waals surface area contributed by atoms with Gasteiger partial charge in [0.1, 0.15) is 23.9 Å². The molecule has 0 aliphatic rings. The summed E-state index contributed by atoms with van der Waals surface area (Å²) >= 11 is 0. The van der Waals surface area contributed by atoms with Crippen LogP contribution in [0.1, 0.15) is 49.7 Å². The maximum atomic E-state index is 13.8. The zero-order valence-corrected chi connectivity index (χ0v) is 29.1. The maximum Gasteiger partial charge on any atom is 0.303 e. The van der Waals surface area contributed by atoms with Crippen LogP contribution in [0.5, 0.6) is 5.75 Å². The van der Waals surface area contributed by atoms with E-state index >= 15 is 0 Å². The first kappa shape index (κ1) is 43.8. The number of carbonyl (C=O) groups is 9. The van der Waals surface area contributed by atoms with Gasteiger partial charge in [-0.25, -0.2) is 0 Å². The van der Waals surface area contributed by atoms with Crippen molar-refractivity contribution in [2.45, 2.75) is 75.5 Å². The van der Waals surface area contributed by atoms with Crippen molar-refractivity contribution in [3.8, 4) is 5.75 Å². The van der Waals surface area contributed by atoms with Crippen LogP contribution in [0.4, 0.5) is 0 Å². The van der Waals surface area contributed by atoms with Crippen LogP contribution in [0.2, 0.25) is 0 Å². The summed E-state index contributed by atoms with van der Waals surface area (Å²) in [6, 6.07) is 9.06. The van der Waals surface area contributed by atoms with Gasteiger partial charge in [-0.15, -0.1) is 0 Å². The summed E-state index contributed by atoms with van der Waals surface area (Å²) in [5, 5.41) is 48.9. The van der Waals surface area contributed by atoms with Crippen LogP contribution in [0.15, 0.2) is 54.6 Å². The Kier molecular flexibility index (Phi) is 18.3. The number of aliphatic carboxylic acids is 3. The predicted octanol–water partition coefficient (Wildman–Crippen LogP) is -1.64. The molecule has 0 bridgehead atoms. The molecular weight excluding hydrogens is 712 g/mol. The number of nitrogens with one attached hydrogen (secondary N) is 5. The molecule has 19 nitrogen and oxygen atoms in total. The number of primary amides is 1. The van der Waals surface area contributed by atoms with E-state index < -0.39 is 116 Å². The van der Waals surface area contributed by atoms with E-state index in [-0.39, 0.29) is 31.4 Å². The number of hydrogen-bond acceptors (Lipinski definition) is 11. The van der Waals surface area contributed by atoms with E-state index in [1.165, 1.54) is 24.3 Å². The highest BCUT2D eigenvalue weighted by Crippen LogP contribution is 2.12. The second kappa shape index (κ2) is 22.5. The molecular formula is C35H44N6O13. The number of carboxylic acids is 3. The minimum atomic E-state index is -1.39. The van der Waals surface area contributed by atoms with Crippen LogP contribution in [0, 0.1) is 0 Å². The molecule has 0 aromatic heterocycles. The minimum absolute atomic E-state index is 0.0511. The summed E-state index contributed by atoms with van der Waals surface area (Å²) < 4.78 is 0. The Morgan fingerprint density at radius 3 is 1.65 bits per heavy atom. The molecule has 2 rings (SSSR count). The van der Waals surface area contributed by atoms with Gasteiger partial charge >= 0.3 is 17.9 Å². The topological polar surface area (TPSA) is 321 Å². The molecule has 54 heavy (non-hydrogen) atoms. The molecule has 0 radical (unpaired) electrons. The zero-order valence-electron chi connectivity index (χ0n) is 29.1. The van der Waals surface area contributed by atoms with Crippen LogP contribution < -0.4 is 32.3 Å². The molecule has 0 saturated heterocycles. The zero-order chi connectivity index (χ0) is 40.2. The lowest BCUT2D eigenvalue weighted by molar-refractivity contribution is -0.139. The lowest BCUT2D eigenvalue weighted by Gasteiger charge is -2.25. The number of benzene rings is 2. The van der Waals surface area contributed by atoms with Gasteiger partial charge in [-0.05, 0) is 42.5 Å². The fraction of sp³-hybridized carbons (Fsp3) is 0.400. The standard InChI is InChI=1S/C35H44N6O13/c36-32(51)24(10-13-29(45)46)40-35(54)27(17-20-4-2-1-3-5-20)41-34(53)26(16-21-6-8-22(42)9-7-21)37-18-23(43)19-38-33(52)25(11-14-30(47)48)39-28(44)12-15-31(49)50/h1-9,24-27,37,42H,10-19H2,(H2,36,51)(H,38,52)(H,39,44)(H,40,54)(H,41,53)(H,45,46)(H,47,48)(H,49,50). The second-order valence-corrected chi connectivity index (χ2v) is 12.2. The number of phenolic OH excluding ortho intramolecular Hbond substituents is 1. The van der Waals surface area contributed by atoms with Crippen molar-refractivity contribution in [2.75, 3.05) is 13.1 Å². The van der Waals surface area contributed by atoms with Gasteiger partial charge in [0.15, 0.2) is 5.78 Å². The number of nitrogens with two attached hydrogens (primary N) is 1. The van der Waals surface area contributed by atoms with Gasteiger partial charge < -0.3 is 47.4 Å². The Labute approximate surface area is 309 Å². The molecule has 2 aromatic rings. The van der Waals surface area contributed by atoms with Crippen LogP contribution in [-0.2, 0) is 56.0 Å². The molecule has 0 spiro atoms.